The van der Waals surface area contributed by atoms with Crippen LogP contribution in [0.25, 0.3) is 10.4 Å². The number of Topliss-reactive ketones (excluding diaryl/α,β-unsaturated/α-hetero) is 2. The summed E-state index contributed by atoms with van der Waals surface area (Å²) in [6.07, 6.45) is 1.66. The van der Waals surface area contributed by atoms with Crippen molar-refractivity contribution in [2.24, 2.45) is 11.8 Å². The van der Waals surface area contributed by atoms with Crippen LogP contribution in [0, 0.1) is 18.8 Å². The number of carbonyl (C=O) groups is 4. The standard InChI is InChI=1S/C29H31N3O4S/c1-6-31(5)28(35)25-21(8-7-15-30-25)26-24(22(33)16-17(2)3)27(34)29(36)32(26)20-12-10-19(11-13-20)23-14-9-18(4)37-23/h7-15,17,24,26H,6,16H2,1-5H3. The lowest BCUT2D eigenvalue weighted by atomic mass is 9.85. The highest BCUT2D eigenvalue weighted by Gasteiger charge is 2.53. The SMILES string of the molecule is CCN(C)C(=O)c1ncccc1C1C(C(=O)CC(C)C)C(=O)C(=O)N1c1ccc(-c2ccc(C)s2)cc1. The number of carbonyl (C=O) groups excluding carboxylic acids is 4. The Bertz CT molecular complexity index is 1350. The molecule has 1 fully saturated rings. The van der Waals surface area contributed by atoms with Gasteiger partial charge in [-0.3, -0.25) is 29.1 Å². The highest BCUT2D eigenvalue weighted by molar-refractivity contribution is 7.15. The number of thiophene rings is 1. The number of nitrogens with zero attached hydrogens (tertiary/aromatic N) is 3. The quantitative estimate of drug-likeness (QED) is 0.307. The average molecular weight is 518 g/mol. The summed E-state index contributed by atoms with van der Waals surface area (Å²) in [6, 6.07) is 13.9. The molecule has 2 atom stereocenters. The van der Waals surface area contributed by atoms with E-state index in [2.05, 4.69) is 4.98 Å². The van der Waals surface area contributed by atoms with Gasteiger partial charge in [0, 0.05) is 47.2 Å². The molecule has 37 heavy (non-hydrogen) atoms. The molecule has 8 heteroatoms. The number of aryl methyl sites for hydroxylation is 1. The molecule has 2 unspecified atom stereocenters. The third-order valence-electron chi connectivity index (χ3n) is 6.61. The minimum absolute atomic E-state index is 0.0138. The summed E-state index contributed by atoms with van der Waals surface area (Å²) < 4.78 is 0. The second-order valence-corrected chi connectivity index (χ2v) is 11.0. The van der Waals surface area contributed by atoms with Crippen molar-refractivity contribution in [2.45, 2.75) is 40.2 Å². The number of ketones is 2. The second-order valence-electron chi connectivity index (χ2n) is 9.74. The van der Waals surface area contributed by atoms with Crippen molar-refractivity contribution in [3.05, 3.63) is 70.9 Å². The van der Waals surface area contributed by atoms with E-state index in [1.54, 1.807) is 42.6 Å². The van der Waals surface area contributed by atoms with Crippen molar-refractivity contribution in [1.82, 2.24) is 9.88 Å². The van der Waals surface area contributed by atoms with Crippen LogP contribution in [-0.2, 0) is 14.4 Å². The summed E-state index contributed by atoms with van der Waals surface area (Å²) in [5.74, 6) is -3.34. The largest absolute Gasteiger partial charge is 0.341 e. The molecule has 1 aliphatic heterocycles. The van der Waals surface area contributed by atoms with E-state index < -0.39 is 23.7 Å². The third kappa shape index (κ3) is 5.11. The molecule has 0 spiro atoms. The normalized spacial score (nSPS) is 17.5. The Morgan fingerprint density at radius 1 is 1.08 bits per heavy atom. The van der Waals surface area contributed by atoms with E-state index in [0.717, 1.165) is 10.4 Å². The number of anilines is 1. The van der Waals surface area contributed by atoms with Gasteiger partial charge in [0.25, 0.3) is 11.8 Å². The molecule has 0 radical (unpaired) electrons. The molecular weight excluding hydrogens is 486 g/mol. The van der Waals surface area contributed by atoms with E-state index in [1.165, 1.54) is 20.9 Å². The first-order valence-corrected chi connectivity index (χ1v) is 13.2. The molecule has 7 nitrogen and oxygen atoms in total. The lowest BCUT2D eigenvalue weighted by Gasteiger charge is -2.29. The minimum Gasteiger partial charge on any atom is -0.341 e. The van der Waals surface area contributed by atoms with Gasteiger partial charge in [-0.2, -0.15) is 0 Å². The van der Waals surface area contributed by atoms with Gasteiger partial charge in [-0.1, -0.05) is 32.0 Å². The fourth-order valence-electron chi connectivity index (χ4n) is 4.65. The van der Waals surface area contributed by atoms with Gasteiger partial charge in [-0.25, -0.2) is 0 Å². The predicted molar refractivity (Wildman–Crippen MR) is 145 cm³/mol. The van der Waals surface area contributed by atoms with Gasteiger partial charge in [0.15, 0.2) is 0 Å². The number of amides is 2. The molecule has 0 aliphatic carbocycles. The second kappa shape index (κ2) is 10.8. The van der Waals surface area contributed by atoms with Crippen LogP contribution in [0.5, 0.6) is 0 Å². The summed E-state index contributed by atoms with van der Waals surface area (Å²) in [6.45, 7) is 8.14. The Balaban J connectivity index is 1.84. The van der Waals surface area contributed by atoms with Crippen molar-refractivity contribution in [1.29, 1.82) is 0 Å². The predicted octanol–water partition coefficient (Wildman–Crippen LogP) is 5.10. The zero-order chi connectivity index (χ0) is 26.9. The van der Waals surface area contributed by atoms with Crippen LogP contribution in [-0.4, -0.2) is 46.9 Å². The van der Waals surface area contributed by atoms with E-state index in [4.69, 9.17) is 0 Å². The van der Waals surface area contributed by atoms with Crippen LogP contribution in [0.4, 0.5) is 5.69 Å². The van der Waals surface area contributed by atoms with Gasteiger partial charge in [-0.05, 0) is 55.7 Å². The monoisotopic (exact) mass is 517 g/mol. The molecule has 2 amide bonds. The maximum Gasteiger partial charge on any atom is 0.295 e. The average Bonchev–Trinajstić information content (AvgIpc) is 3.43. The number of hydrogen-bond donors (Lipinski definition) is 0. The summed E-state index contributed by atoms with van der Waals surface area (Å²) in [4.78, 5) is 62.8. The van der Waals surface area contributed by atoms with Gasteiger partial charge in [0.1, 0.15) is 17.4 Å². The van der Waals surface area contributed by atoms with Crippen LogP contribution in [0.15, 0.2) is 54.7 Å². The molecule has 2 aromatic heterocycles. The molecule has 3 heterocycles. The Labute approximate surface area is 221 Å². The van der Waals surface area contributed by atoms with Crippen molar-refractivity contribution >= 4 is 40.4 Å². The van der Waals surface area contributed by atoms with Crippen molar-refractivity contribution in [3.8, 4) is 10.4 Å². The third-order valence-corrected chi connectivity index (χ3v) is 7.66. The van der Waals surface area contributed by atoms with Crippen LogP contribution < -0.4 is 4.90 Å². The molecular formula is C29H31N3O4S. The molecule has 192 valence electrons. The van der Waals surface area contributed by atoms with E-state index >= 15 is 0 Å². The van der Waals surface area contributed by atoms with Gasteiger partial charge in [-0.15, -0.1) is 11.3 Å². The zero-order valence-corrected chi connectivity index (χ0v) is 22.5. The van der Waals surface area contributed by atoms with Crippen LogP contribution >= 0.6 is 11.3 Å². The Kier molecular flexibility index (Phi) is 7.68. The number of pyridine rings is 1. The van der Waals surface area contributed by atoms with E-state index in [1.807, 2.05) is 52.0 Å². The van der Waals surface area contributed by atoms with E-state index in [9.17, 15) is 19.2 Å². The van der Waals surface area contributed by atoms with Gasteiger partial charge in [0.2, 0.25) is 5.78 Å². The molecule has 1 aliphatic rings. The Hall–Kier alpha value is -3.65. The fourth-order valence-corrected chi connectivity index (χ4v) is 5.53. The maximum atomic E-state index is 13.4. The van der Waals surface area contributed by atoms with Crippen molar-refractivity contribution in [2.75, 3.05) is 18.5 Å². The van der Waals surface area contributed by atoms with Crippen molar-refractivity contribution < 1.29 is 19.2 Å². The molecule has 1 saturated heterocycles. The number of rotatable bonds is 8. The van der Waals surface area contributed by atoms with Crippen LogP contribution in [0.2, 0.25) is 0 Å². The first-order chi connectivity index (χ1) is 17.6. The topological polar surface area (TPSA) is 87.6 Å². The maximum absolute atomic E-state index is 13.4. The van der Waals surface area contributed by atoms with E-state index in [-0.39, 0.29) is 29.7 Å². The van der Waals surface area contributed by atoms with Gasteiger partial charge in [0.05, 0.1) is 6.04 Å². The first kappa shape index (κ1) is 26.4. The first-order valence-electron chi connectivity index (χ1n) is 12.4. The number of aromatic nitrogens is 1. The lowest BCUT2D eigenvalue weighted by Crippen LogP contribution is -2.34. The summed E-state index contributed by atoms with van der Waals surface area (Å²) in [5, 5.41) is 0. The van der Waals surface area contributed by atoms with E-state index in [0.29, 0.717) is 17.8 Å². The number of hydrogen-bond acceptors (Lipinski definition) is 6. The Morgan fingerprint density at radius 2 is 1.78 bits per heavy atom. The highest BCUT2D eigenvalue weighted by atomic mass is 32.1. The van der Waals surface area contributed by atoms with Gasteiger partial charge >= 0.3 is 0 Å². The summed E-state index contributed by atoms with van der Waals surface area (Å²) in [7, 11) is 1.66. The minimum atomic E-state index is -1.21. The molecule has 3 aromatic rings. The summed E-state index contributed by atoms with van der Waals surface area (Å²) in [5.41, 5.74) is 2.02. The molecule has 0 bridgehead atoms. The highest BCUT2D eigenvalue weighted by Crippen LogP contribution is 2.42. The molecule has 4 rings (SSSR count). The molecule has 1 aromatic carbocycles. The van der Waals surface area contributed by atoms with Gasteiger partial charge < -0.3 is 4.90 Å². The van der Waals surface area contributed by atoms with Crippen LogP contribution in [0.1, 0.15) is 54.2 Å². The smallest absolute Gasteiger partial charge is 0.295 e. The zero-order valence-electron chi connectivity index (χ0n) is 21.7. The fraction of sp³-hybridized carbons (Fsp3) is 0.345. The molecule has 0 N–H and O–H groups in total. The lowest BCUT2D eigenvalue weighted by molar-refractivity contribution is -0.139. The summed E-state index contributed by atoms with van der Waals surface area (Å²) >= 11 is 1.67. The van der Waals surface area contributed by atoms with Crippen LogP contribution in [0.3, 0.4) is 0 Å². The number of benzene rings is 1. The van der Waals surface area contributed by atoms with Crippen molar-refractivity contribution in [3.63, 3.8) is 0 Å². The Morgan fingerprint density at radius 3 is 2.38 bits per heavy atom. The molecule has 0 saturated carbocycles.